The molecule has 0 unspecified atom stereocenters. The topological polar surface area (TPSA) is 17.1 Å². The third-order valence-electron chi connectivity index (χ3n) is 0.697. The SMILES string of the molecule is O=C(CBr)C(F)(F)CBr. The van der Waals surface area contributed by atoms with Crippen LogP contribution in [0.5, 0.6) is 0 Å². The normalized spacial score (nSPS) is 11.6. The maximum atomic E-state index is 12.1. The van der Waals surface area contributed by atoms with Crippen LogP contribution in [0.25, 0.3) is 0 Å². The first-order valence-electron chi connectivity index (χ1n) is 2.07. The molecule has 0 radical (unpaired) electrons. The van der Waals surface area contributed by atoms with Gasteiger partial charge in [-0.3, -0.25) is 4.79 Å². The molecule has 9 heavy (non-hydrogen) atoms. The van der Waals surface area contributed by atoms with Gasteiger partial charge in [-0.2, -0.15) is 8.78 Å². The Balaban J connectivity index is 3.97. The summed E-state index contributed by atoms with van der Waals surface area (Å²) >= 11 is 5.16. The van der Waals surface area contributed by atoms with Gasteiger partial charge in [0, 0.05) is 0 Å². The largest absolute Gasteiger partial charge is 0.315 e. The molecule has 0 heterocycles. The molecule has 0 N–H and O–H groups in total. The Hall–Kier alpha value is 0.490. The molecular weight excluding hydrogens is 262 g/mol. The Morgan fingerprint density at radius 1 is 1.44 bits per heavy atom. The highest BCUT2D eigenvalue weighted by Crippen LogP contribution is 2.18. The smallest absolute Gasteiger partial charge is 0.292 e. The van der Waals surface area contributed by atoms with E-state index in [0.717, 1.165) is 0 Å². The van der Waals surface area contributed by atoms with Gasteiger partial charge < -0.3 is 0 Å². The molecule has 0 saturated carbocycles. The average Bonchev–Trinajstić information content (AvgIpc) is 1.86. The Labute approximate surface area is 68.1 Å². The molecule has 0 aliphatic carbocycles. The number of carbonyl (C=O) groups is 1. The van der Waals surface area contributed by atoms with Crippen molar-refractivity contribution in [2.45, 2.75) is 5.92 Å². The minimum absolute atomic E-state index is 0.300. The Morgan fingerprint density at radius 2 is 1.89 bits per heavy atom. The lowest BCUT2D eigenvalue weighted by Gasteiger charge is -2.07. The molecule has 0 saturated heterocycles. The minimum Gasteiger partial charge on any atom is -0.292 e. The van der Waals surface area contributed by atoms with Crippen LogP contribution in [0.2, 0.25) is 0 Å². The molecule has 1 nitrogen and oxygen atoms in total. The quantitative estimate of drug-likeness (QED) is 0.714. The van der Waals surface area contributed by atoms with E-state index < -0.39 is 17.0 Å². The van der Waals surface area contributed by atoms with Crippen LogP contribution in [0.3, 0.4) is 0 Å². The summed E-state index contributed by atoms with van der Waals surface area (Å²) in [6.07, 6.45) is 0. The van der Waals surface area contributed by atoms with Crippen LogP contribution < -0.4 is 0 Å². The zero-order valence-electron chi connectivity index (χ0n) is 4.33. The van der Waals surface area contributed by atoms with Gasteiger partial charge in [0.2, 0.25) is 5.78 Å². The van der Waals surface area contributed by atoms with Gasteiger partial charge in [-0.1, -0.05) is 31.9 Å². The monoisotopic (exact) mass is 264 g/mol. The van der Waals surface area contributed by atoms with Crippen molar-refractivity contribution in [2.75, 3.05) is 10.7 Å². The number of ketones is 1. The lowest BCUT2D eigenvalue weighted by molar-refractivity contribution is -0.136. The van der Waals surface area contributed by atoms with Crippen molar-refractivity contribution in [3.63, 3.8) is 0 Å². The van der Waals surface area contributed by atoms with Gasteiger partial charge in [0.15, 0.2) is 0 Å². The molecular formula is C4H4Br2F2O. The molecule has 0 aromatic carbocycles. The van der Waals surface area contributed by atoms with E-state index in [1.807, 2.05) is 0 Å². The first-order valence-corrected chi connectivity index (χ1v) is 4.32. The van der Waals surface area contributed by atoms with Crippen LogP contribution in [0, 0.1) is 0 Å². The molecule has 0 spiro atoms. The summed E-state index contributed by atoms with van der Waals surface area (Å²) in [7, 11) is 0. The third kappa shape index (κ3) is 2.71. The van der Waals surface area contributed by atoms with Gasteiger partial charge in [0.25, 0.3) is 0 Å². The van der Waals surface area contributed by atoms with Crippen molar-refractivity contribution in [1.29, 1.82) is 0 Å². The van der Waals surface area contributed by atoms with Gasteiger partial charge in [-0.25, -0.2) is 0 Å². The Kier molecular flexibility index (Phi) is 3.80. The second-order valence-electron chi connectivity index (χ2n) is 1.39. The van der Waals surface area contributed by atoms with E-state index in [9.17, 15) is 13.6 Å². The van der Waals surface area contributed by atoms with Crippen molar-refractivity contribution in [2.24, 2.45) is 0 Å². The predicted molar refractivity (Wildman–Crippen MR) is 37.5 cm³/mol. The zero-order valence-corrected chi connectivity index (χ0v) is 7.51. The summed E-state index contributed by atoms with van der Waals surface area (Å²) in [5, 5.41) is -0.907. The van der Waals surface area contributed by atoms with Crippen LogP contribution >= 0.6 is 31.9 Å². The summed E-state index contributed by atoms with van der Waals surface area (Å²) in [6, 6.07) is 0. The minimum atomic E-state index is -3.22. The molecule has 0 bridgehead atoms. The molecule has 0 aromatic rings. The van der Waals surface area contributed by atoms with E-state index in [2.05, 4.69) is 31.9 Å². The van der Waals surface area contributed by atoms with Crippen molar-refractivity contribution in [3.05, 3.63) is 0 Å². The highest BCUT2D eigenvalue weighted by atomic mass is 79.9. The number of alkyl halides is 4. The average molecular weight is 266 g/mol. The van der Waals surface area contributed by atoms with Crippen molar-refractivity contribution < 1.29 is 13.6 Å². The maximum Gasteiger partial charge on any atom is 0.315 e. The summed E-state index contributed by atoms with van der Waals surface area (Å²) in [6.45, 7) is 0. The summed E-state index contributed by atoms with van der Waals surface area (Å²) in [5.41, 5.74) is 0. The molecule has 0 amide bonds. The van der Waals surface area contributed by atoms with E-state index in [0.29, 0.717) is 0 Å². The van der Waals surface area contributed by atoms with Crippen molar-refractivity contribution in [3.8, 4) is 0 Å². The fraction of sp³-hybridized carbons (Fsp3) is 0.750. The van der Waals surface area contributed by atoms with Crippen LogP contribution in [-0.4, -0.2) is 22.4 Å². The van der Waals surface area contributed by atoms with Gasteiger partial charge in [-0.15, -0.1) is 0 Å². The first-order chi connectivity index (χ1) is 4.04. The Bertz CT molecular complexity index is 115. The van der Waals surface area contributed by atoms with Crippen molar-refractivity contribution in [1.82, 2.24) is 0 Å². The highest BCUT2D eigenvalue weighted by molar-refractivity contribution is 9.09. The molecule has 54 valence electrons. The maximum absolute atomic E-state index is 12.1. The second kappa shape index (κ2) is 3.61. The zero-order chi connectivity index (χ0) is 7.49. The number of carbonyl (C=O) groups excluding carboxylic acids is 1. The van der Waals surface area contributed by atoms with E-state index in [4.69, 9.17) is 0 Å². The van der Waals surface area contributed by atoms with E-state index >= 15 is 0 Å². The van der Waals surface area contributed by atoms with Crippen molar-refractivity contribution >= 4 is 37.6 Å². The molecule has 0 atom stereocenters. The summed E-state index contributed by atoms with van der Waals surface area (Å²) in [4.78, 5) is 10.2. The van der Waals surface area contributed by atoms with Crippen LogP contribution in [0.4, 0.5) is 8.78 Å². The van der Waals surface area contributed by atoms with Gasteiger partial charge in [0.1, 0.15) is 0 Å². The molecule has 5 heteroatoms. The second-order valence-corrected chi connectivity index (χ2v) is 2.52. The van der Waals surface area contributed by atoms with E-state index in [-0.39, 0.29) is 5.33 Å². The number of rotatable bonds is 3. The summed E-state index contributed by atoms with van der Waals surface area (Å²) < 4.78 is 24.2. The van der Waals surface area contributed by atoms with Gasteiger partial charge >= 0.3 is 5.92 Å². The number of Topliss-reactive ketones (excluding diaryl/α,β-unsaturated/α-hetero) is 1. The third-order valence-corrected chi connectivity index (χ3v) is 1.91. The van der Waals surface area contributed by atoms with Gasteiger partial charge in [0.05, 0.1) is 10.7 Å². The van der Waals surface area contributed by atoms with E-state index in [1.54, 1.807) is 0 Å². The molecule has 0 aromatic heterocycles. The molecule has 0 aliphatic rings. The lowest BCUT2D eigenvalue weighted by Crippen LogP contribution is -2.31. The number of hydrogen-bond acceptors (Lipinski definition) is 1. The van der Waals surface area contributed by atoms with Crippen LogP contribution in [-0.2, 0) is 4.79 Å². The molecule has 0 aliphatic heterocycles. The first kappa shape index (κ1) is 9.49. The summed E-state index contributed by atoms with van der Waals surface area (Å²) in [5.74, 6) is -4.32. The van der Waals surface area contributed by atoms with Gasteiger partial charge in [-0.05, 0) is 0 Å². The Morgan fingerprint density at radius 3 is 2.00 bits per heavy atom. The number of halogens is 4. The lowest BCUT2D eigenvalue weighted by atomic mass is 10.3. The van der Waals surface area contributed by atoms with Crippen LogP contribution in [0.1, 0.15) is 0 Å². The highest BCUT2D eigenvalue weighted by Gasteiger charge is 2.35. The standard InChI is InChI=1S/C4H4Br2F2O/c5-1-3(9)4(7,8)2-6/h1-2H2. The molecule has 0 rings (SSSR count). The van der Waals surface area contributed by atoms with E-state index in [1.165, 1.54) is 0 Å². The fourth-order valence-electron chi connectivity index (χ4n) is 0.172. The van der Waals surface area contributed by atoms with Crippen LogP contribution in [0.15, 0.2) is 0 Å². The fourth-order valence-corrected chi connectivity index (χ4v) is 0.895. The molecule has 0 fully saturated rings. The predicted octanol–water partition coefficient (Wildman–Crippen LogP) is 1.98. The number of hydrogen-bond donors (Lipinski definition) is 0.